The number of urea groups is 1. The van der Waals surface area contributed by atoms with E-state index in [1.165, 1.54) is 24.2 Å². The van der Waals surface area contributed by atoms with Crippen LogP contribution < -0.4 is 15.5 Å². The monoisotopic (exact) mass is 367 g/mol. The second kappa shape index (κ2) is 6.40. The number of hydrogen-bond acceptors (Lipinski definition) is 5. The van der Waals surface area contributed by atoms with Gasteiger partial charge >= 0.3 is 6.03 Å². The summed E-state index contributed by atoms with van der Waals surface area (Å²) in [5, 5.41) is 15.0. The van der Waals surface area contributed by atoms with E-state index in [4.69, 9.17) is 0 Å². The predicted molar refractivity (Wildman–Crippen MR) is 88.1 cm³/mol. The topological polar surface area (TPSA) is 70.2 Å². The van der Waals surface area contributed by atoms with Crippen LogP contribution in [0.25, 0.3) is 0 Å². The van der Waals surface area contributed by atoms with E-state index >= 15 is 0 Å². The predicted octanol–water partition coefficient (Wildman–Crippen LogP) is 3.54. The zero-order chi connectivity index (χ0) is 14.7. The summed E-state index contributed by atoms with van der Waals surface area (Å²) in [5.41, 5.74) is 0.708. The molecule has 6 nitrogen and oxygen atoms in total. The third kappa shape index (κ3) is 3.51. The Morgan fingerprint density at radius 3 is 2.71 bits per heavy atom. The summed E-state index contributed by atoms with van der Waals surface area (Å²) in [6, 6.07) is 7.11. The van der Waals surface area contributed by atoms with Crippen LogP contribution in [0.3, 0.4) is 0 Å². The minimum atomic E-state index is -0.328. The fourth-order valence-corrected chi connectivity index (χ4v) is 3.29. The maximum absolute atomic E-state index is 11.9. The van der Waals surface area contributed by atoms with Crippen LogP contribution in [0.5, 0.6) is 0 Å². The minimum absolute atomic E-state index is 0.328. The molecule has 0 saturated carbocycles. The molecule has 0 radical (unpaired) electrons. The quantitative estimate of drug-likeness (QED) is 0.870. The van der Waals surface area contributed by atoms with Crippen molar-refractivity contribution in [3.8, 4) is 0 Å². The molecule has 1 aromatic heterocycles. The molecule has 0 spiro atoms. The Bertz CT molecular complexity index is 641. The molecule has 110 valence electrons. The number of aromatic nitrogens is 2. The fraction of sp³-hybridized carbons (Fsp3) is 0.308. The summed E-state index contributed by atoms with van der Waals surface area (Å²) in [5.74, 6) is 0. The van der Waals surface area contributed by atoms with Crippen LogP contribution in [0.2, 0.25) is 0 Å². The van der Waals surface area contributed by atoms with Gasteiger partial charge in [0.25, 0.3) is 0 Å². The normalized spacial score (nSPS) is 14.2. The number of halogens is 1. The smallest absolute Gasteiger partial charge is 0.325 e. The first-order valence-corrected chi connectivity index (χ1v) is 8.24. The van der Waals surface area contributed by atoms with Gasteiger partial charge in [-0.25, -0.2) is 4.79 Å². The molecule has 1 aromatic carbocycles. The number of benzene rings is 1. The lowest BCUT2D eigenvalue weighted by Crippen LogP contribution is -2.19. The molecule has 1 saturated heterocycles. The number of carbonyl (C=O) groups is 1. The first-order chi connectivity index (χ1) is 10.2. The van der Waals surface area contributed by atoms with Gasteiger partial charge in [-0.2, -0.15) is 0 Å². The van der Waals surface area contributed by atoms with Crippen molar-refractivity contribution in [3.63, 3.8) is 0 Å². The van der Waals surface area contributed by atoms with Gasteiger partial charge in [0.1, 0.15) is 0 Å². The van der Waals surface area contributed by atoms with E-state index in [2.05, 4.69) is 41.7 Å². The lowest BCUT2D eigenvalue weighted by Gasteiger charge is -2.11. The fourth-order valence-electron chi connectivity index (χ4n) is 2.12. The summed E-state index contributed by atoms with van der Waals surface area (Å²) in [6.07, 6.45) is 2.37. The molecule has 0 bridgehead atoms. The second-order valence-corrected chi connectivity index (χ2v) is 6.45. The number of carbonyl (C=O) groups excluding carboxylic acids is 1. The maximum atomic E-state index is 11.9. The van der Waals surface area contributed by atoms with Crippen molar-refractivity contribution in [2.24, 2.45) is 0 Å². The van der Waals surface area contributed by atoms with E-state index in [0.717, 1.165) is 22.7 Å². The summed E-state index contributed by atoms with van der Waals surface area (Å²) in [7, 11) is 0. The molecule has 1 aliphatic heterocycles. The highest BCUT2D eigenvalue weighted by molar-refractivity contribution is 9.10. The van der Waals surface area contributed by atoms with E-state index in [0.29, 0.717) is 10.8 Å². The van der Waals surface area contributed by atoms with Crippen LogP contribution in [0.1, 0.15) is 12.8 Å². The zero-order valence-electron chi connectivity index (χ0n) is 11.2. The standard InChI is InChI=1S/C13H14BrN5OS/c14-9-5-1-2-6-10(9)15-11(20)16-12-17-18-13(21-12)19-7-3-4-8-19/h1-2,5-6H,3-4,7-8H2,(H2,15,16,17,20). The van der Waals surface area contributed by atoms with Gasteiger partial charge in [-0.05, 0) is 40.9 Å². The Labute approximate surface area is 134 Å². The Balaban J connectivity index is 1.61. The van der Waals surface area contributed by atoms with E-state index < -0.39 is 0 Å². The molecule has 0 unspecified atom stereocenters. The van der Waals surface area contributed by atoms with E-state index in [1.54, 1.807) is 0 Å². The van der Waals surface area contributed by atoms with Crippen LogP contribution in [0, 0.1) is 0 Å². The number of rotatable bonds is 3. The molecule has 2 heterocycles. The second-order valence-electron chi connectivity index (χ2n) is 4.64. The molecule has 2 N–H and O–H groups in total. The van der Waals surface area contributed by atoms with Gasteiger partial charge in [0.2, 0.25) is 10.3 Å². The highest BCUT2D eigenvalue weighted by Crippen LogP contribution is 2.27. The van der Waals surface area contributed by atoms with E-state index in [9.17, 15) is 4.79 Å². The van der Waals surface area contributed by atoms with Crippen LogP contribution >= 0.6 is 27.3 Å². The largest absolute Gasteiger partial charge is 0.347 e. The number of amides is 2. The highest BCUT2D eigenvalue weighted by Gasteiger charge is 2.17. The van der Waals surface area contributed by atoms with Crippen LogP contribution in [0.15, 0.2) is 28.7 Å². The third-order valence-electron chi connectivity index (χ3n) is 3.13. The number of anilines is 3. The molecular weight excluding hydrogens is 354 g/mol. The van der Waals surface area contributed by atoms with Gasteiger partial charge in [-0.1, -0.05) is 23.5 Å². The third-order valence-corrected chi connectivity index (χ3v) is 4.72. The van der Waals surface area contributed by atoms with Crippen molar-refractivity contribution in [3.05, 3.63) is 28.7 Å². The van der Waals surface area contributed by atoms with Gasteiger partial charge < -0.3 is 10.2 Å². The molecule has 8 heteroatoms. The Hall–Kier alpha value is -1.67. The molecule has 0 aliphatic carbocycles. The molecule has 1 aliphatic rings. The Kier molecular flexibility index (Phi) is 4.35. The molecule has 2 amide bonds. The van der Waals surface area contributed by atoms with E-state index in [-0.39, 0.29) is 6.03 Å². The van der Waals surface area contributed by atoms with Crippen molar-refractivity contribution in [2.45, 2.75) is 12.8 Å². The Morgan fingerprint density at radius 2 is 1.95 bits per heavy atom. The lowest BCUT2D eigenvalue weighted by molar-refractivity contribution is 0.262. The van der Waals surface area contributed by atoms with Gasteiger partial charge in [0, 0.05) is 17.6 Å². The van der Waals surface area contributed by atoms with Crippen molar-refractivity contribution in [2.75, 3.05) is 28.6 Å². The van der Waals surface area contributed by atoms with Crippen LogP contribution in [0.4, 0.5) is 20.7 Å². The maximum Gasteiger partial charge on any atom is 0.325 e. The average Bonchev–Trinajstić information content (AvgIpc) is 3.12. The van der Waals surface area contributed by atoms with Crippen LogP contribution in [-0.4, -0.2) is 29.3 Å². The zero-order valence-corrected chi connectivity index (χ0v) is 13.6. The summed E-state index contributed by atoms with van der Waals surface area (Å²) >= 11 is 4.78. The van der Waals surface area contributed by atoms with Gasteiger partial charge in [0.05, 0.1) is 5.69 Å². The van der Waals surface area contributed by atoms with E-state index in [1.807, 2.05) is 24.3 Å². The van der Waals surface area contributed by atoms with Gasteiger partial charge in [-0.3, -0.25) is 5.32 Å². The minimum Gasteiger partial charge on any atom is -0.347 e. The van der Waals surface area contributed by atoms with Gasteiger partial charge in [0.15, 0.2) is 0 Å². The van der Waals surface area contributed by atoms with Crippen LogP contribution in [-0.2, 0) is 0 Å². The number of para-hydroxylation sites is 1. The molecule has 0 atom stereocenters. The summed E-state index contributed by atoms with van der Waals surface area (Å²) in [6.45, 7) is 2.02. The molecule has 1 fully saturated rings. The first kappa shape index (κ1) is 14.3. The number of nitrogens with zero attached hydrogens (tertiary/aromatic N) is 3. The van der Waals surface area contributed by atoms with Crippen molar-refractivity contribution >= 4 is 49.2 Å². The SMILES string of the molecule is O=C(Nc1nnc(N2CCCC2)s1)Nc1ccccc1Br. The molecule has 21 heavy (non-hydrogen) atoms. The van der Waals surface area contributed by atoms with Crippen molar-refractivity contribution < 1.29 is 4.79 Å². The summed E-state index contributed by atoms with van der Waals surface area (Å²) < 4.78 is 0.829. The first-order valence-electron chi connectivity index (χ1n) is 6.63. The Morgan fingerprint density at radius 1 is 1.19 bits per heavy atom. The molecule has 2 aromatic rings. The molecular formula is C13H14BrN5OS. The van der Waals surface area contributed by atoms with Crippen molar-refractivity contribution in [1.82, 2.24) is 10.2 Å². The lowest BCUT2D eigenvalue weighted by atomic mass is 10.3. The van der Waals surface area contributed by atoms with Gasteiger partial charge in [-0.15, -0.1) is 10.2 Å². The van der Waals surface area contributed by atoms with Crippen molar-refractivity contribution in [1.29, 1.82) is 0 Å². The summed E-state index contributed by atoms with van der Waals surface area (Å²) in [4.78, 5) is 14.1. The number of nitrogens with one attached hydrogen (secondary N) is 2. The average molecular weight is 368 g/mol. The highest BCUT2D eigenvalue weighted by atomic mass is 79.9. The number of hydrogen-bond donors (Lipinski definition) is 2. The molecule has 3 rings (SSSR count).